The topological polar surface area (TPSA) is 78.9 Å². The maximum Gasteiger partial charge on any atom is 0.328 e. The molecule has 2 atom stereocenters. The number of rotatable bonds is 4. The maximum absolute atomic E-state index is 12.1. The molecule has 2 unspecified atom stereocenters. The standard InChI is InChI=1S/C13H22N2O4/c16-12(5-4-10-3-1-2-6-14-10)15-7-8-19-9-11(15)13(17)18/h10-11,14H,1-9H2,(H,17,18). The quantitative estimate of drug-likeness (QED) is 0.764. The van der Waals surface area contributed by atoms with E-state index in [-0.39, 0.29) is 12.5 Å². The fraction of sp³-hybridized carbons (Fsp3) is 0.846. The smallest absolute Gasteiger partial charge is 0.328 e. The Kier molecular flexibility index (Phi) is 5.15. The van der Waals surface area contributed by atoms with Crippen molar-refractivity contribution in [2.24, 2.45) is 0 Å². The fourth-order valence-electron chi connectivity index (χ4n) is 2.72. The van der Waals surface area contributed by atoms with E-state index in [0.717, 1.165) is 19.4 Å². The van der Waals surface area contributed by atoms with Gasteiger partial charge in [-0.2, -0.15) is 0 Å². The van der Waals surface area contributed by atoms with Crippen LogP contribution in [0.4, 0.5) is 0 Å². The Balaban J connectivity index is 1.81. The van der Waals surface area contributed by atoms with Crippen LogP contribution >= 0.6 is 0 Å². The molecule has 2 fully saturated rings. The highest BCUT2D eigenvalue weighted by Crippen LogP contribution is 2.15. The van der Waals surface area contributed by atoms with Crippen LogP contribution in [-0.2, 0) is 14.3 Å². The molecule has 0 aromatic heterocycles. The van der Waals surface area contributed by atoms with Crippen molar-refractivity contribution in [1.82, 2.24) is 10.2 Å². The number of carbonyl (C=O) groups excluding carboxylic acids is 1. The van der Waals surface area contributed by atoms with Gasteiger partial charge in [-0.1, -0.05) is 6.42 Å². The van der Waals surface area contributed by atoms with Crippen molar-refractivity contribution < 1.29 is 19.4 Å². The largest absolute Gasteiger partial charge is 0.480 e. The van der Waals surface area contributed by atoms with Crippen molar-refractivity contribution >= 4 is 11.9 Å². The van der Waals surface area contributed by atoms with Crippen LogP contribution < -0.4 is 5.32 Å². The number of carboxylic acids is 1. The molecule has 2 aliphatic heterocycles. The summed E-state index contributed by atoms with van der Waals surface area (Å²) in [7, 11) is 0. The van der Waals surface area contributed by atoms with Gasteiger partial charge in [0.25, 0.3) is 0 Å². The lowest BCUT2D eigenvalue weighted by Gasteiger charge is -2.33. The lowest BCUT2D eigenvalue weighted by Crippen LogP contribution is -2.52. The van der Waals surface area contributed by atoms with E-state index < -0.39 is 12.0 Å². The van der Waals surface area contributed by atoms with E-state index in [4.69, 9.17) is 9.84 Å². The first-order valence-corrected chi connectivity index (χ1v) is 7.02. The minimum absolute atomic E-state index is 0.0666. The van der Waals surface area contributed by atoms with Gasteiger partial charge in [0, 0.05) is 19.0 Å². The van der Waals surface area contributed by atoms with Gasteiger partial charge in [-0.25, -0.2) is 4.79 Å². The number of aliphatic carboxylic acids is 1. The highest BCUT2D eigenvalue weighted by molar-refractivity contribution is 5.84. The Labute approximate surface area is 113 Å². The van der Waals surface area contributed by atoms with Crippen LogP contribution in [0.1, 0.15) is 32.1 Å². The monoisotopic (exact) mass is 270 g/mol. The fourth-order valence-corrected chi connectivity index (χ4v) is 2.72. The molecule has 0 aliphatic carbocycles. The van der Waals surface area contributed by atoms with E-state index in [9.17, 15) is 9.59 Å². The summed E-state index contributed by atoms with van der Waals surface area (Å²) in [6.07, 6.45) is 4.74. The van der Waals surface area contributed by atoms with E-state index in [2.05, 4.69) is 5.32 Å². The number of morpholine rings is 1. The number of hydrogen-bond acceptors (Lipinski definition) is 4. The third-order valence-corrected chi connectivity index (χ3v) is 3.85. The minimum Gasteiger partial charge on any atom is -0.480 e. The van der Waals surface area contributed by atoms with Gasteiger partial charge in [0.1, 0.15) is 0 Å². The van der Waals surface area contributed by atoms with Crippen LogP contribution in [0, 0.1) is 0 Å². The van der Waals surface area contributed by atoms with Crippen LogP contribution in [0.15, 0.2) is 0 Å². The molecule has 2 rings (SSSR count). The number of ether oxygens (including phenoxy) is 1. The summed E-state index contributed by atoms with van der Waals surface area (Å²) in [5, 5.41) is 12.5. The Morgan fingerprint density at radius 1 is 1.37 bits per heavy atom. The van der Waals surface area contributed by atoms with Crippen LogP contribution in [0.5, 0.6) is 0 Å². The van der Waals surface area contributed by atoms with Gasteiger partial charge in [0.05, 0.1) is 13.2 Å². The van der Waals surface area contributed by atoms with Crippen LogP contribution in [0.3, 0.4) is 0 Å². The highest BCUT2D eigenvalue weighted by Gasteiger charge is 2.32. The first kappa shape index (κ1) is 14.3. The van der Waals surface area contributed by atoms with Crippen molar-refractivity contribution in [2.75, 3.05) is 26.3 Å². The van der Waals surface area contributed by atoms with E-state index in [0.29, 0.717) is 25.6 Å². The molecule has 0 radical (unpaired) electrons. The summed E-state index contributed by atoms with van der Waals surface area (Å²) in [5.41, 5.74) is 0. The number of nitrogens with one attached hydrogen (secondary N) is 1. The molecule has 2 saturated heterocycles. The first-order chi connectivity index (χ1) is 9.18. The number of piperidine rings is 1. The highest BCUT2D eigenvalue weighted by atomic mass is 16.5. The molecule has 0 aromatic rings. The van der Waals surface area contributed by atoms with Gasteiger partial charge >= 0.3 is 5.97 Å². The number of carboxylic acid groups (broad SMARTS) is 1. The van der Waals surface area contributed by atoms with Gasteiger partial charge in [0.2, 0.25) is 5.91 Å². The molecular formula is C13H22N2O4. The molecule has 0 spiro atoms. The molecular weight excluding hydrogens is 248 g/mol. The van der Waals surface area contributed by atoms with Crippen molar-refractivity contribution in [1.29, 1.82) is 0 Å². The van der Waals surface area contributed by atoms with Crippen molar-refractivity contribution in [3.63, 3.8) is 0 Å². The second-order valence-electron chi connectivity index (χ2n) is 5.20. The summed E-state index contributed by atoms with van der Waals surface area (Å²) in [4.78, 5) is 24.7. The maximum atomic E-state index is 12.1. The van der Waals surface area contributed by atoms with Gasteiger partial charge in [-0.3, -0.25) is 4.79 Å². The van der Waals surface area contributed by atoms with E-state index in [1.165, 1.54) is 17.7 Å². The molecule has 2 N–H and O–H groups in total. The van der Waals surface area contributed by atoms with Crippen molar-refractivity contribution in [3.05, 3.63) is 0 Å². The summed E-state index contributed by atoms with van der Waals surface area (Å²) in [6.45, 7) is 1.93. The van der Waals surface area contributed by atoms with E-state index in [1.54, 1.807) is 0 Å². The lowest BCUT2D eigenvalue weighted by atomic mass is 10.00. The molecule has 0 saturated carbocycles. The zero-order valence-corrected chi connectivity index (χ0v) is 11.1. The van der Waals surface area contributed by atoms with Crippen molar-refractivity contribution in [3.8, 4) is 0 Å². The molecule has 19 heavy (non-hydrogen) atoms. The predicted octanol–water partition coefficient (Wildman–Crippen LogP) is 0.221. The Morgan fingerprint density at radius 2 is 2.21 bits per heavy atom. The normalized spacial score (nSPS) is 28.1. The predicted molar refractivity (Wildman–Crippen MR) is 68.8 cm³/mol. The van der Waals surface area contributed by atoms with E-state index in [1.807, 2.05) is 0 Å². The molecule has 2 aliphatic rings. The number of carbonyl (C=O) groups is 2. The zero-order valence-electron chi connectivity index (χ0n) is 11.1. The molecule has 0 aromatic carbocycles. The van der Waals surface area contributed by atoms with E-state index >= 15 is 0 Å². The molecule has 6 nitrogen and oxygen atoms in total. The van der Waals surface area contributed by atoms with Crippen molar-refractivity contribution in [2.45, 2.75) is 44.2 Å². The molecule has 108 valence electrons. The summed E-state index contributed by atoms with van der Waals surface area (Å²) < 4.78 is 5.13. The molecule has 0 bridgehead atoms. The average Bonchev–Trinajstić information content (AvgIpc) is 2.46. The van der Waals surface area contributed by atoms with Gasteiger partial charge in [0.15, 0.2) is 6.04 Å². The third-order valence-electron chi connectivity index (χ3n) is 3.85. The summed E-state index contributed by atoms with van der Waals surface area (Å²) in [5.74, 6) is -1.05. The number of amides is 1. The van der Waals surface area contributed by atoms with Gasteiger partial charge in [-0.05, 0) is 25.8 Å². The molecule has 1 amide bonds. The first-order valence-electron chi connectivity index (χ1n) is 7.02. The second kappa shape index (κ2) is 6.86. The van der Waals surface area contributed by atoms with Crippen LogP contribution in [0.2, 0.25) is 0 Å². The van der Waals surface area contributed by atoms with Crippen LogP contribution in [0.25, 0.3) is 0 Å². The van der Waals surface area contributed by atoms with Gasteiger partial charge in [-0.15, -0.1) is 0 Å². The summed E-state index contributed by atoms with van der Waals surface area (Å²) >= 11 is 0. The van der Waals surface area contributed by atoms with Gasteiger partial charge < -0.3 is 20.1 Å². The average molecular weight is 270 g/mol. The Morgan fingerprint density at radius 3 is 2.89 bits per heavy atom. The molecule has 6 heteroatoms. The minimum atomic E-state index is -0.983. The van der Waals surface area contributed by atoms with Crippen LogP contribution in [-0.4, -0.2) is 60.3 Å². The zero-order chi connectivity index (χ0) is 13.7. The molecule has 2 heterocycles. The summed E-state index contributed by atoms with van der Waals surface area (Å²) in [6, 6.07) is -0.414. The number of hydrogen-bond donors (Lipinski definition) is 2. The lowest BCUT2D eigenvalue weighted by molar-refractivity contribution is -0.158. The Bertz CT molecular complexity index is 329. The Hall–Kier alpha value is -1.14. The SMILES string of the molecule is O=C(O)C1COCCN1C(=O)CCC1CCCCN1. The number of nitrogens with zero attached hydrogens (tertiary/aromatic N) is 1. The second-order valence-corrected chi connectivity index (χ2v) is 5.20. The third kappa shape index (κ3) is 3.91.